The molecule has 0 spiro atoms. The largest absolute Gasteiger partial charge is 0.389 e. The van der Waals surface area contributed by atoms with Gasteiger partial charge >= 0.3 is 0 Å². The van der Waals surface area contributed by atoms with Crippen LogP contribution in [0.4, 0.5) is 5.82 Å². The first-order valence-corrected chi connectivity index (χ1v) is 7.73. The molecule has 0 aromatic carbocycles. The molecular formula is C15H24N4S. The topological polar surface area (TPSA) is 54.2 Å². The van der Waals surface area contributed by atoms with Crippen LogP contribution in [0.15, 0.2) is 12.1 Å². The molecule has 1 fully saturated rings. The number of hydrogen-bond acceptors (Lipinski definition) is 4. The summed E-state index contributed by atoms with van der Waals surface area (Å²) in [6.45, 7) is 7.64. The summed E-state index contributed by atoms with van der Waals surface area (Å²) in [6.07, 6.45) is 4.01. The predicted molar refractivity (Wildman–Crippen MR) is 88.2 cm³/mol. The highest BCUT2D eigenvalue weighted by Crippen LogP contribution is 2.13. The molecular weight excluding hydrogens is 268 g/mol. The van der Waals surface area contributed by atoms with Crippen molar-refractivity contribution in [2.45, 2.75) is 39.2 Å². The molecule has 110 valence electrons. The summed E-state index contributed by atoms with van der Waals surface area (Å²) in [6, 6.07) is 4.21. The molecule has 0 aliphatic carbocycles. The van der Waals surface area contributed by atoms with Crippen LogP contribution in [-0.4, -0.2) is 40.5 Å². The standard InChI is InChI=1S/C15H24N4S/c1-11-8-13(15(16)20)9-14(17-11)18-12(2)10-19-6-4-3-5-7-19/h8-9,12H,3-7,10H2,1-2H3,(H2,16,20)(H,17,18). The lowest BCUT2D eigenvalue weighted by Gasteiger charge is -2.29. The van der Waals surface area contributed by atoms with Crippen molar-refractivity contribution in [3.8, 4) is 0 Å². The summed E-state index contributed by atoms with van der Waals surface area (Å²) < 4.78 is 0. The number of nitrogens with two attached hydrogens (primary N) is 1. The average Bonchev–Trinajstić information content (AvgIpc) is 2.38. The van der Waals surface area contributed by atoms with E-state index in [-0.39, 0.29) is 0 Å². The van der Waals surface area contributed by atoms with Crippen LogP contribution in [0.1, 0.15) is 37.4 Å². The van der Waals surface area contributed by atoms with Crippen molar-refractivity contribution in [3.05, 3.63) is 23.4 Å². The maximum absolute atomic E-state index is 5.70. The number of piperidine rings is 1. The third-order valence-electron chi connectivity index (χ3n) is 3.61. The minimum Gasteiger partial charge on any atom is -0.389 e. The maximum Gasteiger partial charge on any atom is 0.127 e. The van der Waals surface area contributed by atoms with Crippen molar-refractivity contribution in [2.24, 2.45) is 5.73 Å². The summed E-state index contributed by atoms with van der Waals surface area (Å²) in [5, 5.41) is 3.46. The van der Waals surface area contributed by atoms with E-state index in [0.29, 0.717) is 11.0 Å². The molecule has 1 aliphatic rings. The van der Waals surface area contributed by atoms with E-state index in [0.717, 1.165) is 23.6 Å². The van der Waals surface area contributed by atoms with E-state index in [1.54, 1.807) is 0 Å². The minimum absolute atomic E-state index is 0.363. The molecule has 0 radical (unpaired) electrons. The molecule has 0 amide bonds. The lowest BCUT2D eigenvalue weighted by atomic mass is 10.1. The molecule has 3 N–H and O–H groups in total. The molecule has 2 rings (SSSR count). The van der Waals surface area contributed by atoms with E-state index in [1.165, 1.54) is 32.4 Å². The van der Waals surface area contributed by atoms with Crippen LogP contribution in [0, 0.1) is 6.92 Å². The highest BCUT2D eigenvalue weighted by atomic mass is 32.1. The van der Waals surface area contributed by atoms with Gasteiger partial charge in [-0.3, -0.25) is 0 Å². The molecule has 1 saturated heterocycles. The highest BCUT2D eigenvalue weighted by molar-refractivity contribution is 7.80. The van der Waals surface area contributed by atoms with Gasteiger partial charge in [0.05, 0.1) is 0 Å². The van der Waals surface area contributed by atoms with E-state index >= 15 is 0 Å². The smallest absolute Gasteiger partial charge is 0.127 e. The third kappa shape index (κ3) is 4.42. The summed E-state index contributed by atoms with van der Waals surface area (Å²) in [4.78, 5) is 7.44. The van der Waals surface area contributed by atoms with Crippen molar-refractivity contribution in [1.82, 2.24) is 9.88 Å². The second kappa shape index (κ2) is 6.99. The number of aromatic nitrogens is 1. The van der Waals surface area contributed by atoms with Gasteiger partial charge in [0.25, 0.3) is 0 Å². The Morgan fingerprint density at radius 3 is 2.75 bits per heavy atom. The van der Waals surface area contributed by atoms with E-state index in [4.69, 9.17) is 18.0 Å². The number of thiocarbonyl (C=S) groups is 1. The number of aryl methyl sites for hydroxylation is 1. The molecule has 5 heteroatoms. The summed E-state index contributed by atoms with van der Waals surface area (Å²) in [5.41, 5.74) is 7.51. The van der Waals surface area contributed by atoms with Crippen molar-refractivity contribution in [3.63, 3.8) is 0 Å². The molecule has 1 aromatic rings. The van der Waals surface area contributed by atoms with Crippen molar-refractivity contribution < 1.29 is 0 Å². The minimum atomic E-state index is 0.363. The molecule has 4 nitrogen and oxygen atoms in total. The van der Waals surface area contributed by atoms with Crippen LogP contribution in [0.25, 0.3) is 0 Å². The van der Waals surface area contributed by atoms with Crippen LogP contribution >= 0.6 is 12.2 Å². The Hall–Kier alpha value is -1.20. The van der Waals surface area contributed by atoms with Gasteiger partial charge in [-0.15, -0.1) is 0 Å². The average molecular weight is 292 g/mol. The van der Waals surface area contributed by atoms with E-state index in [2.05, 4.69) is 22.1 Å². The van der Waals surface area contributed by atoms with Gasteiger partial charge in [0.1, 0.15) is 10.8 Å². The number of nitrogens with zero attached hydrogens (tertiary/aromatic N) is 2. The third-order valence-corrected chi connectivity index (χ3v) is 3.85. The van der Waals surface area contributed by atoms with E-state index in [9.17, 15) is 0 Å². The fraction of sp³-hybridized carbons (Fsp3) is 0.600. The second-order valence-electron chi connectivity index (χ2n) is 5.65. The lowest BCUT2D eigenvalue weighted by Crippen LogP contribution is -2.38. The van der Waals surface area contributed by atoms with Gasteiger partial charge in [-0.25, -0.2) is 4.98 Å². The summed E-state index contributed by atoms with van der Waals surface area (Å²) in [5.74, 6) is 0.859. The fourth-order valence-corrected chi connectivity index (χ4v) is 2.83. The molecule has 0 bridgehead atoms. The quantitative estimate of drug-likeness (QED) is 0.816. The summed E-state index contributed by atoms with van der Waals surface area (Å²) >= 11 is 5.04. The Morgan fingerprint density at radius 1 is 1.40 bits per heavy atom. The number of pyridine rings is 1. The Balaban J connectivity index is 1.96. The Morgan fingerprint density at radius 2 is 2.10 bits per heavy atom. The van der Waals surface area contributed by atoms with Gasteiger partial charge in [-0.1, -0.05) is 18.6 Å². The van der Waals surface area contributed by atoms with Crippen molar-refractivity contribution in [2.75, 3.05) is 25.0 Å². The maximum atomic E-state index is 5.70. The number of hydrogen-bond donors (Lipinski definition) is 2. The molecule has 1 aliphatic heterocycles. The summed E-state index contributed by atoms with van der Waals surface area (Å²) in [7, 11) is 0. The second-order valence-corrected chi connectivity index (χ2v) is 6.09. The molecule has 1 aromatic heterocycles. The normalized spacial score (nSPS) is 17.7. The van der Waals surface area contributed by atoms with Gasteiger partial charge in [-0.05, 0) is 51.9 Å². The predicted octanol–water partition coefficient (Wildman–Crippen LogP) is 2.31. The number of likely N-dealkylation sites (tertiary alicyclic amines) is 1. The van der Waals surface area contributed by atoms with Crippen molar-refractivity contribution in [1.29, 1.82) is 0 Å². The number of rotatable bonds is 5. The first kappa shape index (κ1) is 15.2. The number of anilines is 1. The zero-order chi connectivity index (χ0) is 14.5. The van der Waals surface area contributed by atoms with Gasteiger partial charge < -0.3 is 16.0 Å². The van der Waals surface area contributed by atoms with Gasteiger partial charge in [0, 0.05) is 23.8 Å². The molecule has 2 heterocycles. The molecule has 0 saturated carbocycles. The van der Waals surface area contributed by atoms with E-state index < -0.39 is 0 Å². The first-order valence-electron chi connectivity index (χ1n) is 7.32. The Bertz CT molecular complexity index is 469. The molecule has 1 atom stereocenters. The van der Waals surface area contributed by atoms with Gasteiger partial charge in [-0.2, -0.15) is 0 Å². The number of nitrogens with one attached hydrogen (secondary N) is 1. The van der Waals surface area contributed by atoms with Crippen LogP contribution in [-0.2, 0) is 0 Å². The first-order chi connectivity index (χ1) is 9.54. The lowest BCUT2D eigenvalue weighted by molar-refractivity contribution is 0.223. The van der Waals surface area contributed by atoms with Gasteiger partial charge in [0.15, 0.2) is 0 Å². The van der Waals surface area contributed by atoms with Crippen LogP contribution in [0.2, 0.25) is 0 Å². The molecule has 1 unspecified atom stereocenters. The van der Waals surface area contributed by atoms with Crippen LogP contribution in [0.5, 0.6) is 0 Å². The van der Waals surface area contributed by atoms with Gasteiger partial charge in [0.2, 0.25) is 0 Å². The zero-order valence-corrected chi connectivity index (χ0v) is 13.2. The fourth-order valence-electron chi connectivity index (χ4n) is 2.71. The van der Waals surface area contributed by atoms with Crippen molar-refractivity contribution >= 4 is 23.0 Å². The van der Waals surface area contributed by atoms with Crippen LogP contribution in [0.3, 0.4) is 0 Å². The SMILES string of the molecule is Cc1cc(C(N)=S)cc(NC(C)CN2CCCCC2)n1. The van der Waals surface area contributed by atoms with Crippen LogP contribution < -0.4 is 11.1 Å². The Labute approximate surface area is 126 Å². The zero-order valence-electron chi connectivity index (χ0n) is 12.4. The van der Waals surface area contributed by atoms with E-state index in [1.807, 2.05) is 19.1 Å². The monoisotopic (exact) mass is 292 g/mol. The highest BCUT2D eigenvalue weighted by Gasteiger charge is 2.14. The Kier molecular flexibility index (Phi) is 5.31. The molecule has 20 heavy (non-hydrogen) atoms.